The molecule has 2 unspecified atom stereocenters. The van der Waals surface area contributed by atoms with E-state index in [1.54, 1.807) is 39.1 Å². The van der Waals surface area contributed by atoms with Crippen LogP contribution in [0.3, 0.4) is 0 Å². The van der Waals surface area contributed by atoms with E-state index in [0.29, 0.717) is 28.1 Å². The highest BCUT2D eigenvalue weighted by molar-refractivity contribution is 7.11. The maximum absolute atomic E-state index is 13.3. The van der Waals surface area contributed by atoms with Crippen molar-refractivity contribution < 1.29 is 28.3 Å². The van der Waals surface area contributed by atoms with Gasteiger partial charge in [0.15, 0.2) is 17.2 Å². The Morgan fingerprint density at radius 1 is 1.18 bits per heavy atom. The Kier molecular flexibility index (Phi) is 7.04. The third-order valence-corrected chi connectivity index (χ3v) is 7.30. The SMILES string of the molecule is CC(C)(C)OC(=O)NC(C(=O)OC1C[N+]2(CC(=O)c3nccs3)CCC1CC2)c1ccccc1. The minimum Gasteiger partial charge on any atom is -0.454 e. The molecule has 2 aromatic rings. The Morgan fingerprint density at radius 2 is 1.88 bits per heavy atom. The van der Waals surface area contributed by atoms with Crippen molar-refractivity contribution in [2.45, 2.75) is 51.4 Å². The number of esters is 1. The summed E-state index contributed by atoms with van der Waals surface area (Å²) in [7, 11) is 0. The predicted molar refractivity (Wildman–Crippen MR) is 127 cm³/mol. The number of hydrogen-bond acceptors (Lipinski definition) is 7. The molecule has 1 aromatic carbocycles. The van der Waals surface area contributed by atoms with Crippen molar-refractivity contribution in [3.8, 4) is 0 Å². The second kappa shape index (κ2) is 9.84. The number of aromatic nitrogens is 1. The van der Waals surface area contributed by atoms with E-state index >= 15 is 0 Å². The molecule has 0 aliphatic carbocycles. The highest BCUT2D eigenvalue weighted by Crippen LogP contribution is 2.36. The molecule has 1 N–H and O–H groups in total. The van der Waals surface area contributed by atoms with E-state index in [9.17, 15) is 14.4 Å². The molecule has 2 bridgehead atoms. The average molecular weight is 487 g/mol. The maximum atomic E-state index is 13.3. The van der Waals surface area contributed by atoms with Gasteiger partial charge in [0.2, 0.25) is 5.78 Å². The summed E-state index contributed by atoms with van der Waals surface area (Å²) >= 11 is 1.36. The van der Waals surface area contributed by atoms with Gasteiger partial charge in [-0.3, -0.25) is 4.79 Å². The first-order valence-electron chi connectivity index (χ1n) is 11.7. The number of Topliss-reactive ketones (excluding diaryl/α,β-unsaturated/α-hetero) is 1. The van der Waals surface area contributed by atoms with Gasteiger partial charge in [0.05, 0.1) is 13.1 Å². The van der Waals surface area contributed by atoms with Crippen LogP contribution in [0.25, 0.3) is 0 Å². The molecule has 0 saturated carbocycles. The third-order valence-electron chi connectivity index (χ3n) is 6.49. The van der Waals surface area contributed by atoms with Gasteiger partial charge in [-0.25, -0.2) is 14.6 Å². The number of ketones is 1. The van der Waals surface area contributed by atoms with Crippen LogP contribution < -0.4 is 5.32 Å². The molecule has 182 valence electrons. The summed E-state index contributed by atoms with van der Waals surface area (Å²) < 4.78 is 12.0. The number of alkyl carbamates (subject to hydrolysis) is 1. The van der Waals surface area contributed by atoms with Gasteiger partial charge >= 0.3 is 12.1 Å². The van der Waals surface area contributed by atoms with Crippen molar-refractivity contribution in [2.75, 3.05) is 26.2 Å². The van der Waals surface area contributed by atoms with Gasteiger partial charge in [0.25, 0.3) is 0 Å². The van der Waals surface area contributed by atoms with Gasteiger partial charge in [-0.05, 0) is 26.3 Å². The number of nitrogens with zero attached hydrogens (tertiary/aromatic N) is 2. The normalized spacial score (nSPS) is 24.8. The fourth-order valence-electron chi connectivity index (χ4n) is 4.88. The zero-order valence-corrected chi connectivity index (χ0v) is 20.7. The number of piperidine rings is 3. The first kappa shape index (κ1) is 24.3. The highest BCUT2D eigenvalue weighted by atomic mass is 32.1. The second-order valence-electron chi connectivity index (χ2n) is 10.2. The van der Waals surface area contributed by atoms with Crippen LogP contribution in [0.1, 0.15) is 55.0 Å². The number of amides is 1. The molecule has 1 amide bonds. The Labute approximate surface area is 203 Å². The molecule has 0 radical (unpaired) electrons. The lowest BCUT2D eigenvalue weighted by molar-refractivity contribution is -0.938. The smallest absolute Gasteiger partial charge is 0.408 e. The monoisotopic (exact) mass is 486 g/mol. The molecule has 5 rings (SSSR count). The highest BCUT2D eigenvalue weighted by Gasteiger charge is 2.49. The second-order valence-corrected chi connectivity index (χ2v) is 11.1. The predicted octanol–water partition coefficient (Wildman–Crippen LogP) is 3.74. The topological polar surface area (TPSA) is 94.6 Å². The van der Waals surface area contributed by atoms with E-state index in [0.717, 1.165) is 25.9 Å². The van der Waals surface area contributed by atoms with Gasteiger partial charge < -0.3 is 19.3 Å². The van der Waals surface area contributed by atoms with Gasteiger partial charge in [-0.15, -0.1) is 11.3 Å². The van der Waals surface area contributed by atoms with Crippen LogP contribution in [0.15, 0.2) is 41.9 Å². The van der Waals surface area contributed by atoms with Gasteiger partial charge in [-0.2, -0.15) is 0 Å². The summed E-state index contributed by atoms with van der Waals surface area (Å²) in [5, 5.41) is 5.02. The number of carbonyl (C=O) groups is 3. The number of ether oxygens (including phenoxy) is 2. The molecule has 8 nitrogen and oxygen atoms in total. The van der Waals surface area contributed by atoms with Crippen LogP contribution >= 0.6 is 11.3 Å². The summed E-state index contributed by atoms with van der Waals surface area (Å²) in [6.07, 6.45) is 2.47. The summed E-state index contributed by atoms with van der Waals surface area (Å²) in [5.41, 5.74) is -0.0616. The van der Waals surface area contributed by atoms with Crippen LogP contribution in [0.2, 0.25) is 0 Å². The molecule has 3 aliphatic heterocycles. The Hall–Kier alpha value is -2.78. The number of hydrogen-bond donors (Lipinski definition) is 1. The summed E-state index contributed by atoms with van der Waals surface area (Å²) in [6, 6.07) is 8.05. The van der Waals surface area contributed by atoms with Gasteiger partial charge in [-0.1, -0.05) is 30.3 Å². The third kappa shape index (κ3) is 5.82. The summed E-state index contributed by atoms with van der Waals surface area (Å²) in [4.78, 5) is 42.7. The van der Waals surface area contributed by atoms with Crippen molar-refractivity contribution >= 4 is 29.2 Å². The van der Waals surface area contributed by atoms with E-state index in [-0.39, 0.29) is 17.8 Å². The lowest BCUT2D eigenvalue weighted by Gasteiger charge is -2.51. The van der Waals surface area contributed by atoms with Crippen LogP contribution in [-0.2, 0) is 14.3 Å². The molecule has 34 heavy (non-hydrogen) atoms. The van der Waals surface area contributed by atoms with Crippen LogP contribution in [0.5, 0.6) is 0 Å². The minimum absolute atomic E-state index is 0.0363. The van der Waals surface area contributed by atoms with Crippen molar-refractivity contribution in [2.24, 2.45) is 5.92 Å². The summed E-state index contributed by atoms with van der Waals surface area (Å²) in [6.45, 7) is 8.07. The van der Waals surface area contributed by atoms with Crippen LogP contribution in [-0.4, -0.2) is 65.2 Å². The lowest BCUT2D eigenvalue weighted by Crippen LogP contribution is -2.66. The molecular weight excluding hydrogens is 454 g/mol. The fraction of sp³-hybridized carbons (Fsp3) is 0.520. The largest absolute Gasteiger partial charge is 0.454 e. The number of nitrogens with one attached hydrogen (secondary N) is 1. The molecule has 9 heteroatoms. The van der Waals surface area contributed by atoms with E-state index < -0.39 is 23.7 Å². The zero-order valence-electron chi connectivity index (χ0n) is 19.9. The van der Waals surface area contributed by atoms with E-state index in [2.05, 4.69) is 10.3 Å². The van der Waals surface area contributed by atoms with Crippen molar-refractivity contribution in [3.63, 3.8) is 0 Å². The minimum atomic E-state index is -0.975. The van der Waals surface area contributed by atoms with E-state index in [4.69, 9.17) is 9.47 Å². The molecule has 3 aliphatic rings. The molecular formula is C25H32N3O5S+. The Bertz CT molecular complexity index is 1010. The Balaban J connectivity index is 1.46. The van der Waals surface area contributed by atoms with Crippen molar-refractivity contribution in [1.29, 1.82) is 0 Å². The first-order valence-corrected chi connectivity index (χ1v) is 12.5. The molecule has 3 saturated heterocycles. The van der Waals surface area contributed by atoms with Crippen molar-refractivity contribution in [1.82, 2.24) is 10.3 Å². The fourth-order valence-corrected chi connectivity index (χ4v) is 5.45. The molecule has 4 heterocycles. The number of rotatable bonds is 7. The van der Waals surface area contributed by atoms with E-state index in [1.165, 1.54) is 11.3 Å². The average Bonchev–Trinajstić information content (AvgIpc) is 3.33. The van der Waals surface area contributed by atoms with E-state index in [1.807, 2.05) is 23.6 Å². The number of benzene rings is 1. The number of thiazole rings is 1. The lowest BCUT2D eigenvalue weighted by atomic mass is 9.83. The first-order chi connectivity index (χ1) is 16.1. The maximum Gasteiger partial charge on any atom is 0.408 e. The zero-order chi connectivity index (χ0) is 24.3. The van der Waals surface area contributed by atoms with Crippen LogP contribution in [0.4, 0.5) is 4.79 Å². The quantitative estimate of drug-likeness (QED) is 0.364. The molecule has 1 aromatic heterocycles. The Morgan fingerprint density at radius 3 is 2.50 bits per heavy atom. The standard InChI is InChI=1S/C25H31N3O5S/c1-25(2,3)33-24(31)27-21(18-7-5-4-6-8-18)23(30)32-20-16-28(12-9-17(20)10-13-28)15-19(29)22-26-11-14-34-22/h4-8,11,14,17,20-21H,9-10,12-13,15-16H2,1-3H3/p+1. The van der Waals surface area contributed by atoms with Crippen LogP contribution in [0, 0.1) is 5.92 Å². The van der Waals surface area contributed by atoms with Gasteiger partial charge in [0.1, 0.15) is 18.7 Å². The number of carbonyl (C=O) groups excluding carboxylic acids is 3. The van der Waals surface area contributed by atoms with Gasteiger partial charge in [0, 0.05) is 30.3 Å². The molecule has 3 fully saturated rings. The van der Waals surface area contributed by atoms with Crippen molar-refractivity contribution in [3.05, 3.63) is 52.5 Å². The molecule has 0 spiro atoms. The number of fused-ring (bicyclic) bond motifs is 3. The summed E-state index contributed by atoms with van der Waals surface area (Å²) in [5.74, 6) is -0.216. The molecule has 2 atom stereocenters. The number of quaternary nitrogens is 1.